The minimum Gasteiger partial charge on any atom is -0.491 e. The Balaban J connectivity index is 2.32. The van der Waals surface area contributed by atoms with Crippen molar-refractivity contribution in [3.05, 3.63) is 23.8 Å². The van der Waals surface area contributed by atoms with E-state index >= 15 is 0 Å². The van der Waals surface area contributed by atoms with Gasteiger partial charge in [0.25, 0.3) is 0 Å². The predicted molar refractivity (Wildman–Crippen MR) is 59.1 cm³/mol. The van der Waals surface area contributed by atoms with Gasteiger partial charge in [-0.25, -0.2) is 0 Å². The maximum absolute atomic E-state index is 5.68. The van der Waals surface area contributed by atoms with Gasteiger partial charge >= 0.3 is 0 Å². The van der Waals surface area contributed by atoms with Crippen LogP contribution in [0.4, 0.5) is 5.69 Å². The fourth-order valence-electron chi connectivity index (χ4n) is 1.64. The maximum Gasteiger partial charge on any atom is 0.142 e. The van der Waals surface area contributed by atoms with Gasteiger partial charge in [0, 0.05) is 6.54 Å². The van der Waals surface area contributed by atoms with Crippen molar-refractivity contribution < 1.29 is 4.74 Å². The standard InChI is InChI=1S/C12H17NO/c1-9(2)10-4-5-11-12(8-10)14-7-3-6-13-11/h4-5,8-9,13H,3,6-7H2,1-2H3. The number of ether oxygens (including phenoxy) is 1. The smallest absolute Gasteiger partial charge is 0.142 e. The number of anilines is 1. The van der Waals surface area contributed by atoms with Crippen molar-refractivity contribution in [2.24, 2.45) is 0 Å². The van der Waals surface area contributed by atoms with Crippen molar-refractivity contribution >= 4 is 5.69 Å². The summed E-state index contributed by atoms with van der Waals surface area (Å²) in [5.74, 6) is 1.57. The molecule has 0 spiro atoms. The van der Waals surface area contributed by atoms with Crippen LogP contribution in [0.25, 0.3) is 0 Å². The zero-order chi connectivity index (χ0) is 9.97. The van der Waals surface area contributed by atoms with Crippen molar-refractivity contribution in [1.82, 2.24) is 0 Å². The average Bonchev–Trinajstić information content (AvgIpc) is 2.41. The monoisotopic (exact) mass is 191 g/mol. The molecule has 1 heterocycles. The fraction of sp³-hybridized carbons (Fsp3) is 0.500. The van der Waals surface area contributed by atoms with Gasteiger partial charge in [-0.3, -0.25) is 0 Å². The summed E-state index contributed by atoms with van der Waals surface area (Å²) in [6.07, 6.45) is 1.08. The highest BCUT2D eigenvalue weighted by molar-refractivity contribution is 5.58. The van der Waals surface area contributed by atoms with Crippen LogP contribution in [-0.2, 0) is 0 Å². The van der Waals surface area contributed by atoms with Crippen LogP contribution >= 0.6 is 0 Å². The van der Waals surface area contributed by atoms with Crippen molar-refractivity contribution in [2.45, 2.75) is 26.2 Å². The average molecular weight is 191 g/mol. The second kappa shape index (κ2) is 3.91. The Morgan fingerprint density at radius 3 is 3.00 bits per heavy atom. The lowest BCUT2D eigenvalue weighted by Crippen LogP contribution is -1.99. The van der Waals surface area contributed by atoms with E-state index in [0.717, 1.165) is 31.0 Å². The van der Waals surface area contributed by atoms with Crippen molar-refractivity contribution in [1.29, 1.82) is 0 Å². The van der Waals surface area contributed by atoms with Gasteiger partial charge in [0.1, 0.15) is 5.75 Å². The summed E-state index contributed by atoms with van der Waals surface area (Å²) in [7, 11) is 0. The van der Waals surface area contributed by atoms with Crippen LogP contribution in [0.15, 0.2) is 18.2 Å². The molecule has 76 valence electrons. The van der Waals surface area contributed by atoms with E-state index < -0.39 is 0 Å². The highest BCUT2D eigenvalue weighted by Gasteiger charge is 2.09. The van der Waals surface area contributed by atoms with Crippen LogP contribution in [-0.4, -0.2) is 13.2 Å². The summed E-state index contributed by atoms with van der Waals surface area (Å²) in [6.45, 7) is 6.23. The van der Waals surface area contributed by atoms with E-state index in [-0.39, 0.29) is 0 Å². The van der Waals surface area contributed by atoms with Gasteiger partial charge < -0.3 is 10.1 Å². The second-order valence-electron chi connectivity index (χ2n) is 4.04. The first-order valence-corrected chi connectivity index (χ1v) is 5.28. The van der Waals surface area contributed by atoms with E-state index in [1.54, 1.807) is 0 Å². The first-order valence-electron chi connectivity index (χ1n) is 5.28. The Hall–Kier alpha value is -1.18. The molecule has 2 nitrogen and oxygen atoms in total. The third-order valence-electron chi connectivity index (χ3n) is 2.57. The molecular formula is C12H17NO. The van der Waals surface area contributed by atoms with Crippen LogP contribution in [0.5, 0.6) is 5.75 Å². The van der Waals surface area contributed by atoms with Crippen LogP contribution < -0.4 is 10.1 Å². The number of benzene rings is 1. The van der Waals surface area contributed by atoms with E-state index in [9.17, 15) is 0 Å². The Morgan fingerprint density at radius 1 is 1.36 bits per heavy atom. The van der Waals surface area contributed by atoms with E-state index in [1.807, 2.05) is 0 Å². The number of hydrogen-bond acceptors (Lipinski definition) is 2. The van der Waals surface area contributed by atoms with Crippen molar-refractivity contribution in [2.75, 3.05) is 18.5 Å². The molecule has 0 unspecified atom stereocenters. The fourth-order valence-corrected chi connectivity index (χ4v) is 1.64. The van der Waals surface area contributed by atoms with E-state index in [0.29, 0.717) is 5.92 Å². The zero-order valence-corrected chi connectivity index (χ0v) is 8.84. The molecule has 1 aromatic carbocycles. The molecule has 1 aromatic rings. The SMILES string of the molecule is CC(C)c1ccc2c(c1)OCCCN2. The first-order chi connectivity index (χ1) is 6.77. The normalized spacial score (nSPS) is 15.4. The molecule has 0 saturated heterocycles. The molecule has 1 aliphatic rings. The largest absolute Gasteiger partial charge is 0.491 e. The number of hydrogen-bond donors (Lipinski definition) is 1. The highest BCUT2D eigenvalue weighted by atomic mass is 16.5. The summed E-state index contributed by atoms with van der Waals surface area (Å²) < 4.78 is 5.68. The third-order valence-corrected chi connectivity index (χ3v) is 2.57. The van der Waals surface area contributed by atoms with Gasteiger partial charge in [-0.15, -0.1) is 0 Å². The van der Waals surface area contributed by atoms with Crippen molar-refractivity contribution in [3.63, 3.8) is 0 Å². The van der Waals surface area contributed by atoms with Gasteiger partial charge in [0.2, 0.25) is 0 Å². The molecule has 0 radical (unpaired) electrons. The van der Waals surface area contributed by atoms with E-state index in [4.69, 9.17) is 4.74 Å². The number of nitrogens with one attached hydrogen (secondary N) is 1. The lowest BCUT2D eigenvalue weighted by molar-refractivity contribution is 0.322. The second-order valence-corrected chi connectivity index (χ2v) is 4.04. The van der Waals surface area contributed by atoms with Crippen molar-refractivity contribution in [3.8, 4) is 5.75 Å². The summed E-state index contributed by atoms with van der Waals surface area (Å²) in [5, 5.41) is 3.37. The van der Waals surface area contributed by atoms with E-state index in [1.165, 1.54) is 5.56 Å². The number of rotatable bonds is 1. The molecule has 2 rings (SSSR count). The van der Waals surface area contributed by atoms with Gasteiger partial charge in [0.15, 0.2) is 0 Å². The van der Waals surface area contributed by atoms with Gasteiger partial charge in [-0.2, -0.15) is 0 Å². The molecule has 0 saturated carbocycles. The molecule has 1 aliphatic heterocycles. The Morgan fingerprint density at radius 2 is 2.21 bits per heavy atom. The summed E-state index contributed by atoms with van der Waals surface area (Å²) in [5.41, 5.74) is 2.47. The topological polar surface area (TPSA) is 21.3 Å². The third kappa shape index (κ3) is 1.84. The Labute approximate surface area is 85.3 Å². The summed E-state index contributed by atoms with van der Waals surface area (Å²) in [4.78, 5) is 0. The quantitative estimate of drug-likeness (QED) is 0.736. The van der Waals surface area contributed by atoms with Gasteiger partial charge in [0.05, 0.1) is 12.3 Å². The summed E-state index contributed by atoms with van der Waals surface area (Å²) >= 11 is 0. The lowest BCUT2D eigenvalue weighted by atomic mass is 10.0. The molecular weight excluding hydrogens is 174 g/mol. The molecule has 2 heteroatoms. The lowest BCUT2D eigenvalue weighted by Gasteiger charge is -2.11. The minimum atomic E-state index is 0.562. The zero-order valence-electron chi connectivity index (χ0n) is 8.84. The molecule has 0 aliphatic carbocycles. The Bertz CT molecular complexity index is 320. The highest BCUT2D eigenvalue weighted by Crippen LogP contribution is 2.30. The van der Waals surface area contributed by atoms with Crippen LogP contribution in [0.2, 0.25) is 0 Å². The maximum atomic E-state index is 5.68. The molecule has 0 amide bonds. The van der Waals surface area contributed by atoms with Gasteiger partial charge in [-0.05, 0) is 30.0 Å². The molecule has 14 heavy (non-hydrogen) atoms. The number of fused-ring (bicyclic) bond motifs is 1. The van der Waals surface area contributed by atoms with Crippen LogP contribution in [0.1, 0.15) is 31.7 Å². The molecule has 0 atom stereocenters. The Kier molecular flexibility index (Phi) is 2.62. The first kappa shape index (κ1) is 9.38. The molecule has 0 fully saturated rings. The molecule has 0 bridgehead atoms. The van der Waals surface area contributed by atoms with Crippen LogP contribution in [0, 0.1) is 0 Å². The predicted octanol–water partition coefficient (Wildman–Crippen LogP) is 3.00. The minimum absolute atomic E-state index is 0.562. The van der Waals surface area contributed by atoms with Gasteiger partial charge in [-0.1, -0.05) is 19.9 Å². The molecule has 0 aromatic heterocycles. The van der Waals surface area contributed by atoms with E-state index in [2.05, 4.69) is 37.4 Å². The van der Waals surface area contributed by atoms with Crippen LogP contribution in [0.3, 0.4) is 0 Å². The molecule has 1 N–H and O–H groups in total. The summed E-state index contributed by atoms with van der Waals surface area (Å²) in [6, 6.07) is 6.44.